The molecular formula is C22H24N2O2. The maximum absolute atomic E-state index is 12.7. The van der Waals surface area contributed by atoms with Crippen LogP contribution in [0.1, 0.15) is 42.5 Å². The maximum atomic E-state index is 12.7. The van der Waals surface area contributed by atoms with Crippen molar-refractivity contribution in [3.05, 3.63) is 64.7 Å². The summed E-state index contributed by atoms with van der Waals surface area (Å²) in [4.78, 5) is 12.7. The molecule has 26 heavy (non-hydrogen) atoms. The van der Waals surface area contributed by atoms with Crippen LogP contribution in [0.2, 0.25) is 0 Å². The summed E-state index contributed by atoms with van der Waals surface area (Å²) in [6.45, 7) is 4.36. The van der Waals surface area contributed by atoms with E-state index in [4.69, 9.17) is 4.74 Å². The van der Waals surface area contributed by atoms with E-state index in [1.165, 1.54) is 17.5 Å². The van der Waals surface area contributed by atoms with Crippen LogP contribution >= 0.6 is 0 Å². The third-order valence-electron chi connectivity index (χ3n) is 4.76. The highest BCUT2D eigenvalue weighted by atomic mass is 16.5. The molecule has 0 saturated heterocycles. The van der Waals surface area contributed by atoms with Gasteiger partial charge in [0.25, 0.3) is 5.91 Å². The molecule has 0 saturated carbocycles. The minimum atomic E-state index is -0.640. The van der Waals surface area contributed by atoms with Crippen molar-refractivity contribution in [1.82, 2.24) is 5.32 Å². The van der Waals surface area contributed by atoms with Crippen molar-refractivity contribution < 1.29 is 9.53 Å². The first-order valence-electron chi connectivity index (χ1n) is 9.12. The third kappa shape index (κ3) is 4.05. The molecule has 1 atom stereocenters. The van der Waals surface area contributed by atoms with Gasteiger partial charge in [-0.2, -0.15) is 5.26 Å². The number of hydrogen-bond donors (Lipinski definition) is 1. The van der Waals surface area contributed by atoms with Crippen molar-refractivity contribution in [1.29, 1.82) is 5.26 Å². The highest BCUT2D eigenvalue weighted by Crippen LogP contribution is 2.23. The summed E-state index contributed by atoms with van der Waals surface area (Å²) in [7, 11) is 0. The van der Waals surface area contributed by atoms with Crippen molar-refractivity contribution in [3.63, 3.8) is 0 Å². The van der Waals surface area contributed by atoms with Gasteiger partial charge in [-0.05, 0) is 54.0 Å². The molecule has 0 fully saturated rings. The summed E-state index contributed by atoms with van der Waals surface area (Å²) in [6.07, 6.45) is 2.86. The van der Waals surface area contributed by atoms with Gasteiger partial charge in [0, 0.05) is 6.54 Å². The van der Waals surface area contributed by atoms with Crippen molar-refractivity contribution in [2.75, 3.05) is 0 Å². The third-order valence-corrected chi connectivity index (χ3v) is 4.76. The summed E-state index contributed by atoms with van der Waals surface area (Å²) in [5, 5.41) is 12.2. The number of nitrogens with one attached hydrogen (secondary N) is 1. The van der Waals surface area contributed by atoms with Crippen LogP contribution in [0.25, 0.3) is 0 Å². The number of para-hydroxylation sites is 1. The molecule has 0 radical (unpaired) electrons. The van der Waals surface area contributed by atoms with Gasteiger partial charge >= 0.3 is 0 Å². The van der Waals surface area contributed by atoms with E-state index in [-0.39, 0.29) is 11.8 Å². The second-order valence-electron chi connectivity index (χ2n) is 7.06. The molecule has 0 heterocycles. The zero-order chi connectivity index (χ0) is 18.5. The Morgan fingerprint density at radius 2 is 1.96 bits per heavy atom. The fourth-order valence-corrected chi connectivity index (χ4v) is 3.32. The van der Waals surface area contributed by atoms with E-state index in [1.807, 2.05) is 13.8 Å². The Labute approximate surface area is 154 Å². The van der Waals surface area contributed by atoms with Gasteiger partial charge in [0.1, 0.15) is 11.8 Å². The number of fused-ring (bicyclic) bond motifs is 1. The molecule has 4 heteroatoms. The smallest absolute Gasteiger partial charge is 0.261 e. The molecule has 2 aromatic carbocycles. The van der Waals surface area contributed by atoms with Crippen molar-refractivity contribution in [2.45, 2.75) is 45.8 Å². The van der Waals surface area contributed by atoms with Crippen LogP contribution in [0, 0.1) is 17.2 Å². The predicted octanol–water partition coefficient (Wildman–Crippen LogP) is 3.77. The Morgan fingerprint density at radius 3 is 2.73 bits per heavy atom. The van der Waals surface area contributed by atoms with Crippen LogP contribution < -0.4 is 10.1 Å². The fraction of sp³-hybridized carbons (Fsp3) is 0.364. The Balaban J connectivity index is 1.66. The summed E-state index contributed by atoms with van der Waals surface area (Å²) >= 11 is 0. The van der Waals surface area contributed by atoms with Gasteiger partial charge in [-0.25, -0.2) is 0 Å². The first-order valence-corrected chi connectivity index (χ1v) is 9.12. The van der Waals surface area contributed by atoms with Gasteiger partial charge in [-0.3, -0.25) is 4.79 Å². The molecule has 1 N–H and O–H groups in total. The van der Waals surface area contributed by atoms with E-state index in [0.717, 1.165) is 18.4 Å². The molecule has 1 aliphatic carbocycles. The molecule has 2 aromatic rings. The SMILES string of the molecule is CC(C)C(Oc1ccccc1C#N)C(=O)NCc1ccc2c(c1)CCC2. The molecule has 3 rings (SSSR count). The maximum Gasteiger partial charge on any atom is 0.261 e. The molecule has 4 nitrogen and oxygen atoms in total. The van der Waals surface area contributed by atoms with E-state index in [2.05, 4.69) is 29.6 Å². The molecule has 1 aliphatic rings. The van der Waals surface area contributed by atoms with E-state index in [9.17, 15) is 10.1 Å². The summed E-state index contributed by atoms with van der Waals surface area (Å²) in [5.74, 6) is 0.274. The fourth-order valence-electron chi connectivity index (χ4n) is 3.32. The predicted molar refractivity (Wildman–Crippen MR) is 101 cm³/mol. The average Bonchev–Trinajstić information content (AvgIpc) is 3.12. The van der Waals surface area contributed by atoms with Gasteiger partial charge in [-0.1, -0.05) is 44.2 Å². The number of nitrogens with zero attached hydrogens (tertiary/aromatic N) is 1. The number of carbonyl (C=O) groups excluding carboxylic acids is 1. The van der Waals surface area contributed by atoms with Gasteiger partial charge in [0.15, 0.2) is 6.10 Å². The average molecular weight is 348 g/mol. The van der Waals surface area contributed by atoms with Crippen LogP contribution in [0.3, 0.4) is 0 Å². The first-order chi connectivity index (χ1) is 12.6. The second kappa shape index (κ2) is 8.05. The van der Waals surface area contributed by atoms with E-state index >= 15 is 0 Å². The second-order valence-corrected chi connectivity index (χ2v) is 7.06. The normalized spacial score (nSPS) is 13.8. The van der Waals surface area contributed by atoms with Gasteiger partial charge in [0.05, 0.1) is 5.56 Å². The molecule has 0 bridgehead atoms. The molecular weight excluding hydrogens is 324 g/mol. The van der Waals surface area contributed by atoms with Crippen molar-refractivity contribution in [3.8, 4) is 11.8 Å². The summed E-state index contributed by atoms with van der Waals surface area (Å²) in [6, 6.07) is 15.5. The Hall–Kier alpha value is -2.80. The lowest BCUT2D eigenvalue weighted by molar-refractivity contribution is -0.130. The first kappa shape index (κ1) is 18.0. The number of nitriles is 1. The standard InChI is InChI=1S/C22H24N2O2/c1-15(2)21(26-20-9-4-3-6-19(20)13-23)22(25)24-14-16-10-11-17-7-5-8-18(17)12-16/h3-4,6,9-12,15,21H,5,7-8,14H2,1-2H3,(H,24,25). The molecule has 134 valence electrons. The van der Waals surface area contributed by atoms with Crippen molar-refractivity contribution >= 4 is 5.91 Å². The number of benzene rings is 2. The lowest BCUT2D eigenvalue weighted by Crippen LogP contribution is -2.41. The zero-order valence-corrected chi connectivity index (χ0v) is 15.3. The van der Waals surface area contributed by atoms with Crippen LogP contribution in [0.5, 0.6) is 5.75 Å². The van der Waals surface area contributed by atoms with Crippen molar-refractivity contribution in [2.24, 2.45) is 5.92 Å². The van der Waals surface area contributed by atoms with Crippen LogP contribution in [-0.2, 0) is 24.2 Å². The number of rotatable bonds is 6. The van der Waals surface area contributed by atoms with E-state index in [1.54, 1.807) is 24.3 Å². The quantitative estimate of drug-likeness (QED) is 0.864. The highest BCUT2D eigenvalue weighted by Gasteiger charge is 2.25. The van der Waals surface area contributed by atoms with E-state index in [0.29, 0.717) is 17.9 Å². The zero-order valence-electron chi connectivity index (χ0n) is 15.3. The topological polar surface area (TPSA) is 62.1 Å². The minimum Gasteiger partial charge on any atom is -0.479 e. The number of hydrogen-bond acceptors (Lipinski definition) is 3. The molecule has 0 spiro atoms. The van der Waals surface area contributed by atoms with Crippen LogP contribution in [0.4, 0.5) is 0 Å². The highest BCUT2D eigenvalue weighted by molar-refractivity contribution is 5.81. The Morgan fingerprint density at radius 1 is 1.19 bits per heavy atom. The lowest BCUT2D eigenvalue weighted by Gasteiger charge is -2.22. The minimum absolute atomic E-state index is 0.0123. The Bertz CT molecular complexity index is 836. The van der Waals surface area contributed by atoms with E-state index < -0.39 is 6.10 Å². The Kier molecular flexibility index (Phi) is 5.58. The number of amides is 1. The monoisotopic (exact) mass is 348 g/mol. The lowest BCUT2D eigenvalue weighted by atomic mass is 10.0. The van der Waals surface area contributed by atoms with Gasteiger partial charge in [-0.15, -0.1) is 0 Å². The molecule has 0 aliphatic heterocycles. The molecule has 1 amide bonds. The van der Waals surface area contributed by atoms with Crippen LogP contribution in [-0.4, -0.2) is 12.0 Å². The number of aryl methyl sites for hydroxylation is 2. The largest absolute Gasteiger partial charge is 0.479 e. The van der Waals surface area contributed by atoms with Crippen LogP contribution in [0.15, 0.2) is 42.5 Å². The van der Waals surface area contributed by atoms with Gasteiger partial charge < -0.3 is 10.1 Å². The van der Waals surface area contributed by atoms with Gasteiger partial charge in [0.2, 0.25) is 0 Å². The number of carbonyl (C=O) groups is 1. The summed E-state index contributed by atoms with van der Waals surface area (Å²) in [5.41, 5.74) is 4.37. The summed E-state index contributed by atoms with van der Waals surface area (Å²) < 4.78 is 5.89. The molecule has 0 aromatic heterocycles. The molecule has 1 unspecified atom stereocenters. The number of ether oxygens (including phenoxy) is 1.